The Kier molecular flexibility index (Phi) is 3.96. The van der Waals surface area contributed by atoms with Gasteiger partial charge >= 0.3 is 0 Å². The molecule has 1 aromatic heterocycles. The first kappa shape index (κ1) is 14.5. The molecule has 21 heavy (non-hydrogen) atoms. The Morgan fingerprint density at radius 1 is 1.14 bits per heavy atom. The van der Waals surface area contributed by atoms with Gasteiger partial charge in [0.25, 0.3) is 0 Å². The molecule has 1 aromatic carbocycles. The molecule has 4 heteroatoms. The number of aryl methyl sites for hydroxylation is 1. The number of carbonyl (C=O) groups excluding carboxylic acids is 2. The van der Waals surface area contributed by atoms with Gasteiger partial charge in [-0.1, -0.05) is 30.7 Å². The highest BCUT2D eigenvalue weighted by molar-refractivity contribution is 7.15. The van der Waals surface area contributed by atoms with Crippen LogP contribution in [0.15, 0.2) is 30.3 Å². The van der Waals surface area contributed by atoms with Crippen LogP contribution in [0.1, 0.15) is 36.1 Å². The second-order valence-corrected chi connectivity index (χ2v) is 6.79. The minimum Gasteiger partial charge on any atom is -0.299 e. The fourth-order valence-electron chi connectivity index (χ4n) is 2.78. The molecular weight excluding hydrogens is 304 g/mol. The van der Waals surface area contributed by atoms with Crippen molar-refractivity contribution < 1.29 is 9.59 Å². The Morgan fingerprint density at radius 2 is 1.76 bits per heavy atom. The molecular formula is C17H15ClO2S. The molecule has 108 valence electrons. The summed E-state index contributed by atoms with van der Waals surface area (Å²) in [6.07, 6.45) is 1.61. The third-order valence-corrected chi connectivity index (χ3v) is 5.46. The van der Waals surface area contributed by atoms with Crippen LogP contribution in [0.5, 0.6) is 0 Å². The molecule has 1 saturated carbocycles. The molecule has 1 fully saturated rings. The van der Waals surface area contributed by atoms with Crippen molar-refractivity contribution in [3.63, 3.8) is 0 Å². The zero-order chi connectivity index (χ0) is 15.0. The van der Waals surface area contributed by atoms with Crippen molar-refractivity contribution in [1.29, 1.82) is 0 Å². The zero-order valence-electron chi connectivity index (χ0n) is 11.7. The van der Waals surface area contributed by atoms with Gasteiger partial charge in [-0.05, 0) is 35.7 Å². The summed E-state index contributed by atoms with van der Waals surface area (Å²) in [6, 6.07) is 9.66. The first-order valence-corrected chi connectivity index (χ1v) is 8.23. The molecule has 0 amide bonds. The van der Waals surface area contributed by atoms with E-state index in [9.17, 15) is 9.59 Å². The number of hydrogen-bond acceptors (Lipinski definition) is 3. The van der Waals surface area contributed by atoms with Gasteiger partial charge in [0.05, 0.1) is 0 Å². The molecule has 2 aromatic rings. The van der Waals surface area contributed by atoms with E-state index in [4.69, 9.17) is 11.6 Å². The minimum absolute atomic E-state index is 0.0650. The van der Waals surface area contributed by atoms with E-state index in [1.807, 2.05) is 30.3 Å². The van der Waals surface area contributed by atoms with Gasteiger partial charge in [0.1, 0.15) is 17.5 Å². The molecule has 2 nitrogen and oxygen atoms in total. The quantitative estimate of drug-likeness (QED) is 0.772. The Bertz CT molecular complexity index is 684. The number of thiophene rings is 1. The summed E-state index contributed by atoms with van der Waals surface area (Å²) >= 11 is 7.58. The molecule has 0 bridgehead atoms. The van der Waals surface area contributed by atoms with Crippen molar-refractivity contribution in [3.8, 4) is 10.4 Å². The Labute approximate surface area is 132 Å². The average molecular weight is 319 g/mol. The summed E-state index contributed by atoms with van der Waals surface area (Å²) in [7, 11) is 0. The fourth-order valence-corrected chi connectivity index (χ4v) is 4.05. The molecule has 0 aliphatic heterocycles. The van der Waals surface area contributed by atoms with Crippen molar-refractivity contribution in [2.45, 2.75) is 32.1 Å². The summed E-state index contributed by atoms with van der Waals surface area (Å²) in [5, 5.41) is 0.701. The summed E-state index contributed by atoms with van der Waals surface area (Å²) in [6.45, 7) is 2.06. The highest BCUT2D eigenvalue weighted by Gasteiger charge is 2.36. The molecule has 1 aliphatic carbocycles. The van der Waals surface area contributed by atoms with Crippen LogP contribution >= 0.6 is 22.9 Å². The van der Waals surface area contributed by atoms with Gasteiger partial charge in [-0.2, -0.15) is 0 Å². The number of benzene rings is 1. The van der Waals surface area contributed by atoms with E-state index in [1.165, 1.54) is 0 Å². The van der Waals surface area contributed by atoms with Gasteiger partial charge < -0.3 is 0 Å². The largest absolute Gasteiger partial charge is 0.299 e. The van der Waals surface area contributed by atoms with Gasteiger partial charge in [-0.15, -0.1) is 11.3 Å². The van der Waals surface area contributed by atoms with Crippen molar-refractivity contribution >= 4 is 34.5 Å². The summed E-state index contributed by atoms with van der Waals surface area (Å²) < 4.78 is 0. The van der Waals surface area contributed by atoms with Crippen LogP contribution in [0.2, 0.25) is 5.02 Å². The summed E-state index contributed by atoms with van der Waals surface area (Å²) in [5.41, 5.74) is 1.99. The van der Waals surface area contributed by atoms with Gasteiger partial charge in [0, 0.05) is 27.6 Å². The maximum Gasteiger partial charge on any atom is 0.148 e. The third-order valence-electron chi connectivity index (χ3n) is 3.86. The van der Waals surface area contributed by atoms with Crippen LogP contribution in [-0.2, 0) is 16.0 Å². The predicted octanol–water partition coefficient (Wildman–Crippen LogP) is 4.65. The first-order chi connectivity index (χ1) is 10.1. The SMILES string of the molecule is CCc1sc(-c2ccc(Cl)cc2)cc1C1C(=O)CCC1=O. The molecule has 0 atom stereocenters. The van der Waals surface area contributed by atoms with E-state index < -0.39 is 5.92 Å². The highest BCUT2D eigenvalue weighted by Crippen LogP contribution is 2.39. The van der Waals surface area contributed by atoms with Crippen molar-refractivity contribution in [3.05, 3.63) is 45.8 Å². The molecule has 1 aliphatic rings. The van der Waals surface area contributed by atoms with Gasteiger partial charge in [-0.25, -0.2) is 0 Å². The number of hydrogen-bond donors (Lipinski definition) is 0. The lowest BCUT2D eigenvalue weighted by Gasteiger charge is -2.06. The smallest absolute Gasteiger partial charge is 0.148 e. The zero-order valence-corrected chi connectivity index (χ0v) is 13.3. The monoisotopic (exact) mass is 318 g/mol. The van der Waals surface area contributed by atoms with Gasteiger partial charge in [-0.3, -0.25) is 9.59 Å². The molecule has 0 unspecified atom stereocenters. The Balaban J connectivity index is 2.04. The number of ketones is 2. The molecule has 0 spiro atoms. The fraction of sp³-hybridized carbons (Fsp3) is 0.294. The number of rotatable bonds is 3. The van der Waals surface area contributed by atoms with Crippen LogP contribution in [-0.4, -0.2) is 11.6 Å². The predicted molar refractivity (Wildman–Crippen MR) is 86.1 cm³/mol. The second-order valence-electron chi connectivity index (χ2n) is 5.22. The summed E-state index contributed by atoms with van der Waals surface area (Å²) in [4.78, 5) is 26.2. The van der Waals surface area contributed by atoms with Gasteiger partial charge in [0.2, 0.25) is 0 Å². The van der Waals surface area contributed by atoms with Crippen LogP contribution < -0.4 is 0 Å². The topological polar surface area (TPSA) is 34.1 Å². The lowest BCUT2D eigenvalue weighted by molar-refractivity contribution is -0.123. The normalized spacial score (nSPS) is 15.9. The van der Waals surface area contributed by atoms with E-state index in [2.05, 4.69) is 6.92 Å². The standard InChI is InChI=1S/C17H15ClO2S/c1-2-15-12(17-13(19)7-8-14(17)20)9-16(21-15)10-3-5-11(18)6-4-10/h3-6,9,17H,2,7-8H2,1H3. The highest BCUT2D eigenvalue weighted by atomic mass is 35.5. The molecule has 0 radical (unpaired) electrons. The number of Topliss-reactive ketones (excluding diaryl/α,β-unsaturated/α-hetero) is 2. The number of carbonyl (C=O) groups is 2. The Hall–Kier alpha value is -1.45. The van der Waals surface area contributed by atoms with E-state index in [-0.39, 0.29) is 11.6 Å². The second kappa shape index (κ2) is 5.74. The maximum absolute atomic E-state index is 12.0. The lowest BCUT2D eigenvalue weighted by Crippen LogP contribution is -2.12. The van der Waals surface area contributed by atoms with E-state index in [1.54, 1.807) is 11.3 Å². The van der Waals surface area contributed by atoms with Crippen molar-refractivity contribution in [1.82, 2.24) is 0 Å². The van der Waals surface area contributed by atoms with Crippen molar-refractivity contribution in [2.24, 2.45) is 0 Å². The van der Waals surface area contributed by atoms with Crippen LogP contribution in [0.4, 0.5) is 0 Å². The lowest BCUT2D eigenvalue weighted by atomic mass is 9.95. The molecule has 3 rings (SSSR count). The van der Waals surface area contributed by atoms with E-state index in [0.29, 0.717) is 17.9 Å². The average Bonchev–Trinajstić information content (AvgIpc) is 3.03. The third kappa shape index (κ3) is 2.68. The van der Waals surface area contributed by atoms with Gasteiger partial charge in [0.15, 0.2) is 0 Å². The number of halogens is 1. The van der Waals surface area contributed by atoms with Crippen LogP contribution in [0.3, 0.4) is 0 Å². The maximum atomic E-state index is 12.0. The van der Waals surface area contributed by atoms with Crippen molar-refractivity contribution in [2.75, 3.05) is 0 Å². The molecule has 0 saturated heterocycles. The molecule has 1 heterocycles. The molecule has 0 N–H and O–H groups in total. The van der Waals surface area contributed by atoms with E-state index in [0.717, 1.165) is 27.3 Å². The summed E-state index contributed by atoms with van der Waals surface area (Å²) in [5.74, 6) is -0.400. The van der Waals surface area contributed by atoms with Crippen LogP contribution in [0.25, 0.3) is 10.4 Å². The van der Waals surface area contributed by atoms with E-state index >= 15 is 0 Å². The van der Waals surface area contributed by atoms with Crippen LogP contribution in [0, 0.1) is 0 Å². The minimum atomic E-state index is -0.530. The Morgan fingerprint density at radius 3 is 2.33 bits per heavy atom. The first-order valence-electron chi connectivity index (χ1n) is 7.04.